The van der Waals surface area contributed by atoms with Crippen LogP contribution in [0.15, 0.2) is 36.5 Å². The van der Waals surface area contributed by atoms with Crippen LogP contribution in [0.5, 0.6) is 0 Å². The average Bonchev–Trinajstić information content (AvgIpc) is 2.94. The first-order valence-corrected chi connectivity index (χ1v) is 7.43. The van der Waals surface area contributed by atoms with Gasteiger partial charge >= 0.3 is 5.97 Å². The number of pyridine rings is 1. The number of carbonyl (C=O) groups is 1. The van der Waals surface area contributed by atoms with E-state index in [2.05, 4.69) is 15.1 Å². The highest BCUT2D eigenvalue weighted by molar-refractivity contribution is 5.82. The topological polar surface area (TPSA) is 107 Å². The van der Waals surface area contributed by atoms with Crippen LogP contribution in [0.25, 0.3) is 10.9 Å². The molecule has 0 amide bonds. The monoisotopic (exact) mass is 309 g/mol. The number of fused-ring (bicyclic) bond motifs is 2. The van der Waals surface area contributed by atoms with Crippen molar-refractivity contribution in [2.24, 2.45) is 0 Å². The highest BCUT2D eigenvalue weighted by Gasteiger charge is 2.35. The zero-order chi connectivity index (χ0) is 16.0. The second kappa shape index (κ2) is 5.05. The van der Waals surface area contributed by atoms with Gasteiger partial charge in [-0.05, 0) is 24.5 Å². The van der Waals surface area contributed by atoms with Crippen molar-refractivity contribution in [1.82, 2.24) is 19.7 Å². The number of nitrogen functional groups attached to an aromatic ring is 1. The quantitative estimate of drug-likeness (QED) is 0.749. The van der Waals surface area contributed by atoms with E-state index < -0.39 is 12.0 Å². The molecule has 116 valence electrons. The van der Waals surface area contributed by atoms with Crippen LogP contribution in [0.1, 0.15) is 36.2 Å². The van der Waals surface area contributed by atoms with Gasteiger partial charge < -0.3 is 10.8 Å². The van der Waals surface area contributed by atoms with Gasteiger partial charge in [0.25, 0.3) is 0 Å². The van der Waals surface area contributed by atoms with Crippen molar-refractivity contribution in [3.8, 4) is 0 Å². The zero-order valence-corrected chi connectivity index (χ0v) is 12.3. The number of rotatable bonds is 2. The Morgan fingerprint density at radius 3 is 2.91 bits per heavy atom. The second-order valence-corrected chi connectivity index (χ2v) is 5.68. The predicted octanol–water partition coefficient (Wildman–Crippen LogP) is 1.96. The summed E-state index contributed by atoms with van der Waals surface area (Å²) in [5, 5.41) is 14.5. The summed E-state index contributed by atoms with van der Waals surface area (Å²) in [6, 6.07) is 9.19. The van der Waals surface area contributed by atoms with Crippen LogP contribution < -0.4 is 5.73 Å². The van der Waals surface area contributed by atoms with Crippen molar-refractivity contribution < 1.29 is 9.90 Å². The van der Waals surface area contributed by atoms with Crippen LogP contribution in [-0.4, -0.2) is 30.8 Å². The van der Waals surface area contributed by atoms with Gasteiger partial charge in [0.1, 0.15) is 5.82 Å². The highest BCUT2D eigenvalue weighted by Crippen LogP contribution is 2.39. The molecule has 2 aromatic heterocycles. The fraction of sp³-hybridized carbons (Fsp3) is 0.250. The van der Waals surface area contributed by atoms with E-state index in [4.69, 9.17) is 5.73 Å². The first-order chi connectivity index (χ1) is 11.1. The number of anilines is 1. The van der Waals surface area contributed by atoms with E-state index >= 15 is 0 Å². The number of hydrogen-bond donors (Lipinski definition) is 2. The van der Waals surface area contributed by atoms with E-state index in [9.17, 15) is 9.90 Å². The molecule has 1 aromatic carbocycles. The molecule has 7 nitrogen and oxygen atoms in total. The lowest BCUT2D eigenvalue weighted by Crippen LogP contribution is -2.28. The lowest BCUT2D eigenvalue weighted by molar-refractivity contribution is -0.141. The molecule has 4 rings (SSSR count). The van der Waals surface area contributed by atoms with Gasteiger partial charge in [-0.1, -0.05) is 24.3 Å². The third-order valence-corrected chi connectivity index (χ3v) is 4.33. The minimum absolute atomic E-state index is 0.0611. The summed E-state index contributed by atoms with van der Waals surface area (Å²) in [6.07, 6.45) is 2.91. The third-order valence-electron chi connectivity index (χ3n) is 4.33. The maximum atomic E-state index is 11.4. The summed E-state index contributed by atoms with van der Waals surface area (Å²) in [5.41, 5.74) is 7.65. The number of benzene rings is 1. The molecule has 23 heavy (non-hydrogen) atoms. The summed E-state index contributed by atoms with van der Waals surface area (Å²) < 4.78 is 1.45. The van der Waals surface area contributed by atoms with Gasteiger partial charge in [0.05, 0.1) is 5.52 Å². The maximum Gasteiger partial charge on any atom is 0.328 e. The van der Waals surface area contributed by atoms with Gasteiger partial charge in [-0.25, -0.2) is 9.48 Å². The van der Waals surface area contributed by atoms with Crippen LogP contribution in [0.3, 0.4) is 0 Å². The summed E-state index contributed by atoms with van der Waals surface area (Å²) in [7, 11) is 0. The van der Waals surface area contributed by atoms with Crippen molar-refractivity contribution in [2.75, 3.05) is 5.73 Å². The summed E-state index contributed by atoms with van der Waals surface area (Å²) in [4.78, 5) is 20.2. The molecule has 0 saturated heterocycles. The Balaban J connectivity index is 1.89. The van der Waals surface area contributed by atoms with Crippen molar-refractivity contribution >= 4 is 22.8 Å². The molecule has 2 atom stereocenters. The molecule has 0 radical (unpaired) electrons. The summed E-state index contributed by atoms with van der Waals surface area (Å²) in [5.74, 6) is -0.273. The van der Waals surface area contributed by atoms with Crippen molar-refractivity contribution in [3.05, 3.63) is 47.9 Å². The molecule has 3 aromatic rings. The van der Waals surface area contributed by atoms with Gasteiger partial charge in [-0.3, -0.25) is 4.98 Å². The van der Waals surface area contributed by atoms with Crippen molar-refractivity contribution in [3.63, 3.8) is 0 Å². The molecule has 0 bridgehead atoms. The average molecular weight is 309 g/mol. The summed E-state index contributed by atoms with van der Waals surface area (Å²) >= 11 is 0. The number of nitrogens with two attached hydrogens (primary N) is 1. The van der Waals surface area contributed by atoms with Crippen molar-refractivity contribution in [1.29, 1.82) is 0 Å². The molecule has 7 heteroatoms. The third kappa shape index (κ3) is 2.12. The molecule has 1 aliphatic heterocycles. The Kier molecular flexibility index (Phi) is 3.00. The van der Waals surface area contributed by atoms with Gasteiger partial charge in [-0.2, -0.15) is 4.98 Å². The fourth-order valence-electron chi connectivity index (χ4n) is 3.33. The molecule has 1 aliphatic rings. The summed E-state index contributed by atoms with van der Waals surface area (Å²) in [6.45, 7) is 0. The zero-order valence-electron chi connectivity index (χ0n) is 12.3. The van der Waals surface area contributed by atoms with E-state index in [1.54, 1.807) is 6.20 Å². The maximum absolute atomic E-state index is 11.4. The Bertz CT molecular complexity index is 899. The van der Waals surface area contributed by atoms with Gasteiger partial charge in [0.2, 0.25) is 5.95 Å². The molecule has 2 unspecified atom stereocenters. The Morgan fingerprint density at radius 2 is 2.09 bits per heavy atom. The van der Waals surface area contributed by atoms with Crippen LogP contribution in [0.4, 0.5) is 5.95 Å². The number of para-hydroxylation sites is 1. The molecule has 0 spiro atoms. The lowest BCUT2D eigenvalue weighted by atomic mass is 9.87. The molecule has 3 heterocycles. The second-order valence-electron chi connectivity index (χ2n) is 5.68. The molecule has 3 N–H and O–H groups in total. The SMILES string of the molecule is Nc1nc2n(n1)C(C(=O)O)CCC2c1cccc2cccnc12. The Labute approximate surface area is 131 Å². The van der Waals surface area contributed by atoms with Crippen LogP contribution in [0, 0.1) is 0 Å². The standard InChI is InChI=1S/C16H15N5O2/c17-16-19-14-11(6-7-12(15(22)23)21(14)20-16)10-5-1-3-9-4-2-8-18-13(9)10/h1-5,8,11-12H,6-7H2,(H2,17,20)(H,22,23). The molecule has 0 aliphatic carbocycles. The smallest absolute Gasteiger partial charge is 0.328 e. The Hall–Kier alpha value is -2.96. The molecule has 0 fully saturated rings. The fourth-order valence-corrected chi connectivity index (χ4v) is 3.33. The van der Waals surface area contributed by atoms with E-state index in [-0.39, 0.29) is 11.9 Å². The lowest BCUT2D eigenvalue weighted by Gasteiger charge is -2.27. The number of aromatic nitrogens is 4. The Morgan fingerprint density at radius 1 is 1.26 bits per heavy atom. The molecule has 0 saturated carbocycles. The van der Waals surface area contributed by atoms with Crippen LogP contribution >= 0.6 is 0 Å². The number of carboxylic acid groups (broad SMARTS) is 1. The van der Waals surface area contributed by atoms with Crippen LogP contribution in [0.2, 0.25) is 0 Å². The van der Waals surface area contributed by atoms with Gasteiger partial charge in [0, 0.05) is 17.5 Å². The van der Waals surface area contributed by atoms with E-state index in [1.807, 2.05) is 30.3 Å². The van der Waals surface area contributed by atoms with E-state index in [1.165, 1.54) is 4.68 Å². The number of carboxylic acids is 1. The van der Waals surface area contributed by atoms with Crippen molar-refractivity contribution in [2.45, 2.75) is 24.8 Å². The number of hydrogen-bond acceptors (Lipinski definition) is 5. The number of nitrogens with zero attached hydrogens (tertiary/aromatic N) is 4. The first kappa shape index (κ1) is 13.7. The predicted molar refractivity (Wildman–Crippen MR) is 83.9 cm³/mol. The van der Waals surface area contributed by atoms with Gasteiger partial charge in [0.15, 0.2) is 6.04 Å². The minimum atomic E-state index is -0.911. The number of aliphatic carboxylic acids is 1. The molecular weight excluding hydrogens is 294 g/mol. The van der Waals surface area contributed by atoms with Gasteiger partial charge in [-0.15, -0.1) is 5.10 Å². The van der Waals surface area contributed by atoms with E-state index in [0.717, 1.165) is 16.5 Å². The minimum Gasteiger partial charge on any atom is -0.480 e. The highest BCUT2D eigenvalue weighted by atomic mass is 16.4. The first-order valence-electron chi connectivity index (χ1n) is 7.43. The van der Waals surface area contributed by atoms with Crippen LogP contribution in [-0.2, 0) is 4.79 Å². The van der Waals surface area contributed by atoms with E-state index in [0.29, 0.717) is 18.7 Å². The largest absolute Gasteiger partial charge is 0.480 e. The normalized spacial score (nSPS) is 20.3. The molecular formula is C16H15N5O2.